The predicted octanol–water partition coefficient (Wildman–Crippen LogP) is 2.54. The first-order chi connectivity index (χ1) is 5.27. The molecule has 1 heterocycles. The topological polar surface area (TPSA) is 9.23 Å². The van der Waals surface area contributed by atoms with E-state index in [2.05, 4.69) is 20.1 Å². The van der Waals surface area contributed by atoms with Crippen LogP contribution in [0.2, 0.25) is 0 Å². The lowest BCUT2D eigenvalue weighted by molar-refractivity contribution is -0.0375. The minimum atomic E-state index is 0.265. The lowest BCUT2D eigenvalue weighted by Gasteiger charge is -2.31. The van der Waals surface area contributed by atoms with Crippen molar-refractivity contribution in [3.8, 4) is 0 Å². The van der Waals surface area contributed by atoms with Gasteiger partial charge in [-0.15, -0.1) is 13.2 Å². The van der Waals surface area contributed by atoms with E-state index in [1.54, 1.807) is 0 Å². The summed E-state index contributed by atoms with van der Waals surface area (Å²) in [7, 11) is 0. The fourth-order valence-corrected chi connectivity index (χ4v) is 1.52. The first-order valence-electron chi connectivity index (χ1n) is 4.18. The summed E-state index contributed by atoms with van der Waals surface area (Å²) in [5.74, 6) is 0.534. The molecule has 62 valence electrons. The Bertz CT molecular complexity index is 151. The third-order valence-electron chi connectivity index (χ3n) is 2.34. The van der Waals surface area contributed by atoms with Crippen LogP contribution in [0.3, 0.4) is 0 Å². The van der Waals surface area contributed by atoms with Crippen LogP contribution in [0.15, 0.2) is 25.3 Å². The van der Waals surface area contributed by atoms with Gasteiger partial charge in [-0.05, 0) is 19.8 Å². The summed E-state index contributed by atoms with van der Waals surface area (Å²) in [5.41, 5.74) is 0. The van der Waals surface area contributed by atoms with Crippen molar-refractivity contribution in [2.75, 3.05) is 0 Å². The molecule has 0 saturated carbocycles. The number of rotatable bonds is 2. The normalized spacial score (nSPS) is 38.1. The van der Waals surface area contributed by atoms with E-state index in [1.165, 1.54) is 6.42 Å². The van der Waals surface area contributed by atoms with Crippen molar-refractivity contribution in [1.82, 2.24) is 0 Å². The van der Waals surface area contributed by atoms with Gasteiger partial charge in [0.05, 0.1) is 12.2 Å². The van der Waals surface area contributed by atoms with Gasteiger partial charge in [-0.3, -0.25) is 0 Å². The summed E-state index contributed by atoms with van der Waals surface area (Å²) >= 11 is 0. The highest BCUT2D eigenvalue weighted by Crippen LogP contribution is 2.25. The zero-order valence-corrected chi connectivity index (χ0v) is 7.12. The SMILES string of the molecule is C=C[C@@H]1CC[C@H](C=C)O[C@H]1C. The van der Waals surface area contributed by atoms with Crippen LogP contribution in [0.5, 0.6) is 0 Å². The third-order valence-corrected chi connectivity index (χ3v) is 2.34. The van der Waals surface area contributed by atoms with Gasteiger partial charge < -0.3 is 4.74 Å². The quantitative estimate of drug-likeness (QED) is 0.552. The highest BCUT2D eigenvalue weighted by Gasteiger charge is 2.23. The predicted molar refractivity (Wildman–Crippen MR) is 47.5 cm³/mol. The molecule has 0 aromatic carbocycles. The van der Waals surface area contributed by atoms with E-state index in [0.29, 0.717) is 12.0 Å². The highest BCUT2D eigenvalue weighted by molar-refractivity contribution is 4.92. The van der Waals surface area contributed by atoms with E-state index in [-0.39, 0.29) is 6.10 Å². The van der Waals surface area contributed by atoms with Crippen molar-refractivity contribution >= 4 is 0 Å². The van der Waals surface area contributed by atoms with Crippen molar-refractivity contribution in [3.63, 3.8) is 0 Å². The largest absolute Gasteiger partial charge is 0.371 e. The van der Waals surface area contributed by atoms with Crippen molar-refractivity contribution in [3.05, 3.63) is 25.3 Å². The molecule has 11 heavy (non-hydrogen) atoms. The zero-order valence-electron chi connectivity index (χ0n) is 7.12. The lowest BCUT2D eigenvalue weighted by atomic mass is 9.93. The maximum absolute atomic E-state index is 5.65. The van der Waals surface area contributed by atoms with Gasteiger partial charge in [0.1, 0.15) is 0 Å². The molecule has 0 unspecified atom stereocenters. The molecule has 0 aromatic heterocycles. The molecule has 0 aromatic rings. The van der Waals surface area contributed by atoms with Crippen LogP contribution in [-0.4, -0.2) is 12.2 Å². The Hall–Kier alpha value is -0.560. The van der Waals surface area contributed by atoms with Crippen LogP contribution in [0, 0.1) is 5.92 Å². The van der Waals surface area contributed by atoms with Crippen molar-refractivity contribution in [1.29, 1.82) is 0 Å². The average Bonchev–Trinajstić information content (AvgIpc) is 2.04. The third kappa shape index (κ3) is 1.93. The van der Waals surface area contributed by atoms with Gasteiger partial charge in [0.15, 0.2) is 0 Å². The molecule has 3 atom stereocenters. The van der Waals surface area contributed by atoms with E-state index in [0.717, 1.165) is 6.42 Å². The molecule has 1 nitrogen and oxygen atoms in total. The Labute approximate surface area is 68.8 Å². The smallest absolute Gasteiger partial charge is 0.0757 e. The second kappa shape index (κ2) is 3.72. The summed E-state index contributed by atoms with van der Waals surface area (Å²) in [5, 5.41) is 0. The minimum Gasteiger partial charge on any atom is -0.371 e. The molecule has 1 aliphatic heterocycles. The lowest BCUT2D eigenvalue weighted by Crippen LogP contribution is -2.30. The van der Waals surface area contributed by atoms with Crippen molar-refractivity contribution < 1.29 is 4.74 Å². The van der Waals surface area contributed by atoms with E-state index in [4.69, 9.17) is 4.74 Å². The Morgan fingerprint density at radius 2 is 2.00 bits per heavy atom. The highest BCUT2D eigenvalue weighted by atomic mass is 16.5. The molecule has 0 N–H and O–H groups in total. The van der Waals surface area contributed by atoms with E-state index in [1.807, 2.05) is 12.2 Å². The molecule has 0 radical (unpaired) electrons. The van der Waals surface area contributed by atoms with Crippen molar-refractivity contribution in [2.24, 2.45) is 5.92 Å². The molecule has 1 rings (SSSR count). The fraction of sp³-hybridized carbons (Fsp3) is 0.600. The minimum absolute atomic E-state index is 0.265. The first kappa shape index (κ1) is 8.54. The van der Waals surface area contributed by atoms with Crippen LogP contribution in [0.25, 0.3) is 0 Å². The molecule has 0 bridgehead atoms. The Morgan fingerprint density at radius 1 is 1.27 bits per heavy atom. The summed E-state index contributed by atoms with van der Waals surface area (Å²) in [6, 6.07) is 0. The van der Waals surface area contributed by atoms with E-state index in [9.17, 15) is 0 Å². The molecule has 1 saturated heterocycles. The second-order valence-corrected chi connectivity index (χ2v) is 3.09. The molecule has 0 spiro atoms. The molecule has 1 aliphatic rings. The number of hydrogen-bond donors (Lipinski definition) is 0. The molecular formula is C10H16O. The fourth-order valence-electron chi connectivity index (χ4n) is 1.52. The average molecular weight is 152 g/mol. The van der Waals surface area contributed by atoms with Gasteiger partial charge in [0.2, 0.25) is 0 Å². The van der Waals surface area contributed by atoms with Crippen LogP contribution in [-0.2, 0) is 4.74 Å². The molecule has 0 aliphatic carbocycles. The standard InChI is InChI=1S/C10H16O/c1-4-9-6-7-10(5-2)11-8(9)3/h4-5,8-10H,1-2,6-7H2,3H3/t8-,9+,10-/m0/s1. The van der Waals surface area contributed by atoms with E-state index >= 15 is 0 Å². The Morgan fingerprint density at radius 3 is 2.45 bits per heavy atom. The second-order valence-electron chi connectivity index (χ2n) is 3.09. The molecule has 0 amide bonds. The van der Waals surface area contributed by atoms with Crippen LogP contribution in [0.1, 0.15) is 19.8 Å². The van der Waals surface area contributed by atoms with Gasteiger partial charge in [-0.2, -0.15) is 0 Å². The van der Waals surface area contributed by atoms with Gasteiger partial charge in [-0.1, -0.05) is 12.2 Å². The summed E-state index contributed by atoms with van der Waals surface area (Å²) in [6.45, 7) is 9.60. The molecule has 1 fully saturated rings. The number of ether oxygens (including phenoxy) is 1. The zero-order chi connectivity index (χ0) is 8.27. The van der Waals surface area contributed by atoms with Gasteiger partial charge in [-0.25, -0.2) is 0 Å². The molecule has 1 heteroatoms. The van der Waals surface area contributed by atoms with Crippen LogP contribution < -0.4 is 0 Å². The Balaban J connectivity index is 2.46. The molecular weight excluding hydrogens is 136 g/mol. The maximum atomic E-state index is 5.65. The number of hydrogen-bond acceptors (Lipinski definition) is 1. The summed E-state index contributed by atoms with van der Waals surface area (Å²) in [6.07, 6.45) is 6.72. The van der Waals surface area contributed by atoms with Gasteiger partial charge in [0.25, 0.3) is 0 Å². The van der Waals surface area contributed by atoms with Crippen LogP contribution in [0.4, 0.5) is 0 Å². The Kier molecular flexibility index (Phi) is 2.89. The maximum Gasteiger partial charge on any atom is 0.0757 e. The van der Waals surface area contributed by atoms with Gasteiger partial charge in [0, 0.05) is 5.92 Å². The van der Waals surface area contributed by atoms with Crippen molar-refractivity contribution in [2.45, 2.75) is 32.0 Å². The van der Waals surface area contributed by atoms with Crippen LogP contribution >= 0.6 is 0 Å². The monoisotopic (exact) mass is 152 g/mol. The summed E-state index contributed by atoms with van der Waals surface area (Å²) < 4.78 is 5.65. The van der Waals surface area contributed by atoms with E-state index < -0.39 is 0 Å². The van der Waals surface area contributed by atoms with Gasteiger partial charge >= 0.3 is 0 Å². The summed E-state index contributed by atoms with van der Waals surface area (Å²) in [4.78, 5) is 0. The first-order valence-corrected chi connectivity index (χ1v) is 4.18.